The third-order valence-corrected chi connectivity index (χ3v) is 3.00. The Morgan fingerprint density at radius 1 is 1.33 bits per heavy atom. The number of aryl methyl sites for hydroxylation is 2. The zero-order chi connectivity index (χ0) is 15.6. The number of nitrogens with one attached hydrogen (secondary N) is 1. The van der Waals surface area contributed by atoms with Gasteiger partial charge in [0.1, 0.15) is 17.3 Å². The number of hydrogen-bond donors (Lipinski definition) is 1. The maximum absolute atomic E-state index is 12.2. The van der Waals surface area contributed by atoms with Crippen molar-refractivity contribution in [2.45, 2.75) is 47.5 Å². The molecule has 0 aliphatic rings. The fourth-order valence-corrected chi connectivity index (χ4v) is 2.18. The van der Waals surface area contributed by atoms with Crippen LogP contribution in [0.1, 0.15) is 55.3 Å². The maximum Gasteiger partial charge on any atom is 0.260 e. The van der Waals surface area contributed by atoms with E-state index < -0.39 is 0 Å². The van der Waals surface area contributed by atoms with Crippen molar-refractivity contribution in [1.82, 2.24) is 5.16 Å². The molecule has 2 aromatic heterocycles. The van der Waals surface area contributed by atoms with Crippen molar-refractivity contribution in [1.29, 1.82) is 0 Å². The first-order valence-electron chi connectivity index (χ1n) is 7.15. The number of rotatable bonds is 4. The molecule has 0 radical (unpaired) electrons. The van der Waals surface area contributed by atoms with Gasteiger partial charge < -0.3 is 14.3 Å². The first-order chi connectivity index (χ1) is 9.78. The molecule has 0 bridgehead atoms. The number of carbonyl (C=O) groups is 1. The third kappa shape index (κ3) is 3.97. The van der Waals surface area contributed by atoms with Gasteiger partial charge in [-0.3, -0.25) is 4.79 Å². The van der Waals surface area contributed by atoms with Crippen LogP contribution in [0.5, 0.6) is 0 Å². The summed E-state index contributed by atoms with van der Waals surface area (Å²) in [6.45, 7) is 10.1. The van der Waals surface area contributed by atoms with E-state index in [-0.39, 0.29) is 11.3 Å². The van der Waals surface area contributed by atoms with E-state index in [1.54, 1.807) is 12.1 Å². The Balaban J connectivity index is 2.09. The van der Waals surface area contributed by atoms with Gasteiger partial charge in [-0.2, -0.15) is 0 Å². The average molecular weight is 290 g/mol. The van der Waals surface area contributed by atoms with Gasteiger partial charge in [0.2, 0.25) is 0 Å². The van der Waals surface area contributed by atoms with Gasteiger partial charge in [-0.05, 0) is 18.4 Å². The molecule has 0 aromatic carbocycles. The van der Waals surface area contributed by atoms with Crippen LogP contribution in [0, 0.1) is 12.3 Å². The zero-order valence-electron chi connectivity index (χ0n) is 13.2. The largest absolute Gasteiger partial charge is 0.466 e. The summed E-state index contributed by atoms with van der Waals surface area (Å²) in [6, 6.07) is 3.51. The Morgan fingerprint density at radius 3 is 2.67 bits per heavy atom. The molecular weight excluding hydrogens is 268 g/mol. The van der Waals surface area contributed by atoms with Crippen molar-refractivity contribution >= 4 is 11.7 Å². The summed E-state index contributed by atoms with van der Waals surface area (Å²) in [6.07, 6.45) is 1.44. The summed E-state index contributed by atoms with van der Waals surface area (Å²) in [5, 5.41) is 6.64. The van der Waals surface area contributed by atoms with E-state index in [9.17, 15) is 4.79 Å². The van der Waals surface area contributed by atoms with Crippen LogP contribution < -0.4 is 5.32 Å². The number of furan rings is 1. The molecule has 2 aromatic rings. The lowest BCUT2D eigenvalue weighted by atomic mass is 9.91. The predicted molar refractivity (Wildman–Crippen MR) is 80.4 cm³/mol. The van der Waals surface area contributed by atoms with E-state index in [1.807, 2.05) is 13.8 Å². The second-order valence-corrected chi connectivity index (χ2v) is 6.42. The topological polar surface area (TPSA) is 68.3 Å². The molecular formula is C16H22N2O3. The minimum absolute atomic E-state index is 0.109. The minimum atomic E-state index is -0.223. The molecule has 0 saturated heterocycles. The second kappa shape index (κ2) is 5.76. The fourth-order valence-electron chi connectivity index (χ4n) is 2.18. The van der Waals surface area contributed by atoms with Gasteiger partial charge in [0, 0.05) is 18.9 Å². The lowest BCUT2D eigenvalue weighted by molar-refractivity contribution is 0.102. The average Bonchev–Trinajstić information content (AvgIpc) is 2.93. The van der Waals surface area contributed by atoms with Gasteiger partial charge in [0.25, 0.3) is 5.91 Å². The molecule has 5 heteroatoms. The summed E-state index contributed by atoms with van der Waals surface area (Å²) in [5.74, 6) is 2.38. The highest BCUT2D eigenvalue weighted by atomic mass is 16.5. The summed E-state index contributed by atoms with van der Waals surface area (Å²) >= 11 is 0. The molecule has 0 aliphatic heterocycles. The van der Waals surface area contributed by atoms with Crippen molar-refractivity contribution in [3.8, 4) is 0 Å². The van der Waals surface area contributed by atoms with Crippen molar-refractivity contribution in [3.63, 3.8) is 0 Å². The summed E-state index contributed by atoms with van der Waals surface area (Å²) in [5.41, 5.74) is 0.660. The number of hydrogen-bond acceptors (Lipinski definition) is 4. The number of nitrogens with zero attached hydrogens (tertiary/aromatic N) is 1. The van der Waals surface area contributed by atoms with Crippen LogP contribution in [0.2, 0.25) is 0 Å². The highest BCUT2D eigenvalue weighted by Gasteiger charge is 2.19. The van der Waals surface area contributed by atoms with E-state index in [0.29, 0.717) is 23.6 Å². The second-order valence-electron chi connectivity index (χ2n) is 6.42. The zero-order valence-corrected chi connectivity index (χ0v) is 13.2. The first kappa shape index (κ1) is 15.4. The minimum Gasteiger partial charge on any atom is -0.466 e. The number of carbonyl (C=O) groups excluding carboxylic acids is 1. The van der Waals surface area contributed by atoms with Gasteiger partial charge in [0.15, 0.2) is 5.82 Å². The number of anilines is 1. The Bertz CT molecular complexity index is 632. The molecule has 21 heavy (non-hydrogen) atoms. The lowest BCUT2D eigenvalue weighted by Gasteiger charge is -2.14. The normalized spacial score (nSPS) is 11.7. The van der Waals surface area contributed by atoms with Crippen molar-refractivity contribution in [2.24, 2.45) is 5.41 Å². The predicted octanol–water partition coefficient (Wildman–Crippen LogP) is 3.98. The van der Waals surface area contributed by atoms with E-state index in [1.165, 1.54) is 0 Å². The molecule has 1 N–H and O–H groups in total. The van der Waals surface area contributed by atoms with Crippen molar-refractivity contribution in [3.05, 3.63) is 35.0 Å². The van der Waals surface area contributed by atoms with Crippen LogP contribution in [-0.4, -0.2) is 11.1 Å². The van der Waals surface area contributed by atoms with Gasteiger partial charge in [-0.1, -0.05) is 32.9 Å². The molecule has 0 saturated carbocycles. The van der Waals surface area contributed by atoms with Crippen molar-refractivity contribution in [2.75, 3.05) is 5.32 Å². The molecule has 5 nitrogen and oxygen atoms in total. The van der Waals surface area contributed by atoms with Crippen LogP contribution in [0.15, 0.2) is 21.1 Å². The number of aromatic nitrogens is 1. The van der Waals surface area contributed by atoms with E-state index in [2.05, 4.69) is 31.2 Å². The monoisotopic (exact) mass is 290 g/mol. The van der Waals surface area contributed by atoms with Gasteiger partial charge in [-0.15, -0.1) is 0 Å². The Labute approximate surface area is 124 Å². The standard InChI is InChI=1S/C16H22N2O3/c1-6-13-12(7-10(2)20-13)15(19)17-14-8-11(21-18-14)9-16(3,4)5/h7-8H,6,9H2,1-5H3,(H,17,18,19). The van der Waals surface area contributed by atoms with Gasteiger partial charge >= 0.3 is 0 Å². The summed E-state index contributed by atoms with van der Waals surface area (Å²) in [4.78, 5) is 12.2. The molecule has 114 valence electrons. The maximum atomic E-state index is 12.2. The molecule has 0 atom stereocenters. The molecule has 0 unspecified atom stereocenters. The highest BCUT2D eigenvalue weighted by Crippen LogP contribution is 2.23. The Kier molecular flexibility index (Phi) is 4.21. The SMILES string of the molecule is CCc1oc(C)cc1C(=O)Nc1cc(CC(C)(C)C)on1. The van der Waals surface area contributed by atoms with Crippen LogP contribution in [-0.2, 0) is 12.8 Å². The van der Waals surface area contributed by atoms with Crippen molar-refractivity contribution < 1.29 is 13.7 Å². The van der Waals surface area contributed by atoms with E-state index in [4.69, 9.17) is 8.94 Å². The van der Waals surface area contributed by atoms with Crippen LogP contribution in [0.4, 0.5) is 5.82 Å². The quantitative estimate of drug-likeness (QED) is 0.924. The van der Waals surface area contributed by atoms with E-state index in [0.717, 1.165) is 17.9 Å². The summed E-state index contributed by atoms with van der Waals surface area (Å²) in [7, 11) is 0. The third-order valence-electron chi connectivity index (χ3n) is 3.00. The highest BCUT2D eigenvalue weighted by molar-refractivity contribution is 6.04. The van der Waals surface area contributed by atoms with Crippen LogP contribution >= 0.6 is 0 Å². The van der Waals surface area contributed by atoms with Gasteiger partial charge in [0.05, 0.1) is 5.56 Å². The van der Waals surface area contributed by atoms with Crippen LogP contribution in [0.25, 0.3) is 0 Å². The Morgan fingerprint density at radius 2 is 2.05 bits per heavy atom. The summed E-state index contributed by atoms with van der Waals surface area (Å²) < 4.78 is 10.7. The molecule has 2 rings (SSSR count). The molecule has 0 fully saturated rings. The van der Waals surface area contributed by atoms with E-state index >= 15 is 0 Å². The Hall–Kier alpha value is -2.04. The number of amides is 1. The molecule has 2 heterocycles. The lowest BCUT2D eigenvalue weighted by Crippen LogP contribution is -2.13. The molecule has 0 aliphatic carbocycles. The van der Waals surface area contributed by atoms with Crippen LogP contribution in [0.3, 0.4) is 0 Å². The molecule has 0 spiro atoms. The van der Waals surface area contributed by atoms with Gasteiger partial charge in [-0.25, -0.2) is 0 Å². The fraction of sp³-hybridized carbons (Fsp3) is 0.500. The first-order valence-corrected chi connectivity index (χ1v) is 7.15. The smallest absolute Gasteiger partial charge is 0.260 e. The molecule has 1 amide bonds.